The third-order valence-corrected chi connectivity index (χ3v) is 2.52. The highest BCUT2D eigenvalue weighted by atomic mass is 19.4. The van der Waals surface area contributed by atoms with Gasteiger partial charge in [-0.2, -0.15) is 13.2 Å². The SMILES string of the molecule is CCCCN(CCC)c1ncc(C(F)(F)F)cn1. The molecule has 102 valence electrons. The molecule has 18 heavy (non-hydrogen) atoms. The van der Waals surface area contributed by atoms with E-state index in [4.69, 9.17) is 0 Å². The lowest BCUT2D eigenvalue weighted by atomic mass is 10.3. The van der Waals surface area contributed by atoms with Crippen molar-refractivity contribution in [2.24, 2.45) is 0 Å². The van der Waals surface area contributed by atoms with E-state index in [0.29, 0.717) is 5.95 Å². The Balaban J connectivity index is 2.79. The smallest absolute Gasteiger partial charge is 0.341 e. The summed E-state index contributed by atoms with van der Waals surface area (Å²) in [4.78, 5) is 9.54. The largest absolute Gasteiger partial charge is 0.419 e. The van der Waals surface area contributed by atoms with Gasteiger partial charge in [0.05, 0.1) is 5.56 Å². The van der Waals surface area contributed by atoms with E-state index in [9.17, 15) is 13.2 Å². The van der Waals surface area contributed by atoms with Gasteiger partial charge in [-0.05, 0) is 12.8 Å². The predicted molar refractivity (Wildman–Crippen MR) is 64.4 cm³/mol. The number of rotatable bonds is 6. The molecular weight excluding hydrogens is 243 g/mol. The highest BCUT2D eigenvalue weighted by molar-refractivity contribution is 5.30. The zero-order chi connectivity index (χ0) is 13.6. The number of hydrogen-bond donors (Lipinski definition) is 0. The lowest BCUT2D eigenvalue weighted by Crippen LogP contribution is -2.27. The quantitative estimate of drug-likeness (QED) is 0.784. The van der Waals surface area contributed by atoms with E-state index in [1.807, 2.05) is 11.8 Å². The fraction of sp³-hybridized carbons (Fsp3) is 0.667. The summed E-state index contributed by atoms with van der Waals surface area (Å²) in [6.45, 7) is 5.61. The molecule has 0 amide bonds. The summed E-state index contributed by atoms with van der Waals surface area (Å²) in [5.74, 6) is 0.373. The molecule has 0 aliphatic heterocycles. The minimum Gasteiger partial charge on any atom is -0.341 e. The number of halogens is 3. The standard InChI is InChI=1S/C12H18F3N3/c1-3-5-7-18(6-4-2)11-16-8-10(9-17-11)12(13,14)15/h8-9H,3-7H2,1-2H3. The monoisotopic (exact) mass is 261 g/mol. The van der Waals surface area contributed by atoms with Crippen LogP contribution in [0.15, 0.2) is 12.4 Å². The highest BCUT2D eigenvalue weighted by Crippen LogP contribution is 2.28. The fourth-order valence-corrected chi connectivity index (χ4v) is 1.56. The van der Waals surface area contributed by atoms with Crippen LogP contribution < -0.4 is 4.90 Å². The molecular formula is C12H18F3N3. The predicted octanol–water partition coefficient (Wildman–Crippen LogP) is 3.51. The number of anilines is 1. The molecule has 6 heteroatoms. The Morgan fingerprint density at radius 1 is 1.06 bits per heavy atom. The van der Waals surface area contributed by atoms with Crippen molar-refractivity contribution in [2.45, 2.75) is 39.3 Å². The number of alkyl halides is 3. The van der Waals surface area contributed by atoms with E-state index in [0.717, 1.165) is 44.7 Å². The maximum absolute atomic E-state index is 12.4. The van der Waals surface area contributed by atoms with Crippen LogP contribution in [0, 0.1) is 0 Å². The van der Waals surface area contributed by atoms with Crippen LogP contribution in [0.2, 0.25) is 0 Å². The minimum atomic E-state index is -4.38. The van der Waals surface area contributed by atoms with Crippen LogP contribution in [0.5, 0.6) is 0 Å². The van der Waals surface area contributed by atoms with Crippen molar-refractivity contribution in [1.82, 2.24) is 9.97 Å². The first-order valence-electron chi connectivity index (χ1n) is 6.13. The normalized spacial score (nSPS) is 11.6. The summed E-state index contributed by atoms with van der Waals surface area (Å²) in [6.07, 6.45) is 0.227. The molecule has 0 atom stereocenters. The van der Waals surface area contributed by atoms with E-state index >= 15 is 0 Å². The summed E-state index contributed by atoms with van der Waals surface area (Å²) in [6, 6.07) is 0. The van der Waals surface area contributed by atoms with Gasteiger partial charge in [0, 0.05) is 25.5 Å². The molecule has 0 aliphatic rings. The summed E-state index contributed by atoms with van der Waals surface area (Å²) < 4.78 is 37.1. The van der Waals surface area contributed by atoms with Crippen LogP contribution in [-0.2, 0) is 6.18 Å². The summed E-state index contributed by atoms with van der Waals surface area (Å²) in [7, 11) is 0. The van der Waals surface area contributed by atoms with Gasteiger partial charge in [-0.3, -0.25) is 0 Å². The van der Waals surface area contributed by atoms with E-state index < -0.39 is 11.7 Å². The molecule has 0 fully saturated rings. The lowest BCUT2D eigenvalue weighted by Gasteiger charge is -2.21. The molecule has 0 unspecified atom stereocenters. The molecule has 3 nitrogen and oxygen atoms in total. The topological polar surface area (TPSA) is 29.0 Å². The second kappa shape index (κ2) is 6.56. The number of hydrogen-bond acceptors (Lipinski definition) is 3. The third-order valence-electron chi connectivity index (χ3n) is 2.52. The maximum Gasteiger partial charge on any atom is 0.419 e. The second-order valence-corrected chi connectivity index (χ2v) is 4.11. The number of nitrogens with zero attached hydrogens (tertiary/aromatic N) is 3. The van der Waals surface area contributed by atoms with Gasteiger partial charge in [-0.25, -0.2) is 9.97 Å². The van der Waals surface area contributed by atoms with Crippen LogP contribution in [-0.4, -0.2) is 23.1 Å². The molecule has 0 saturated heterocycles. The first-order valence-corrected chi connectivity index (χ1v) is 6.13. The van der Waals surface area contributed by atoms with Crippen LogP contribution in [0.25, 0.3) is 0 Å². The third kappa shape index (κ3) is 4.16. The molecule has 0 spiro atoms. The second-order valence-electron chi connectivity index (χ2n) is 4.11. The van der Waals surface area contributed by atoms with E-state index in [1.165, 1.54) is 0 Å². The molecule has 0 radical (unpaired) electrons. The van der Waals surface area contributed by atoms with Gasteiger partial charge in [0.25, 0.3) is 0 Å². The van der Waals surface area contributed by atoms with Gasteiger partial charge in [0.1, 0.15) is 0 Å². The number of aromatic nitrogens is 2. The van der Waals surface area contributed by atoms with E-state index in [1.54, 1.807) is 0 Å². The molecule has 1 aromatic heterocycles. The van der Waals surface area contributed by atoms with Crippen molar-refractivity contribution in [2.75, 3.05) is 18.0 Å². The van der Waals surface area contributed by atoms with Crippen LogP contribution in [0.3, 0.4) is 0 Å². The van der Waals surface area contributed by atoms with Crippen molar-refractivity contribution >= 4 is 5.95 Å². The molecule has 0 bridgehead atoms. The lowest BCUT2D eigenvalue weighted by molar-refractivity contribution is -0.138. The maximum atomic E-state index is 12.4. The Morgan fingerprint density at radius 3 is 2.11 bits per heavy atom. The Morgan fingerprint density at radius 2 is 1.67 bits per heavy atom. The Labute approximate surface area is 105 Å². The van der Waals surface area contributed by atoms with E-state index in [-0.39, 0.29) is 0 Å². The average molecular weight is 261 g/mol. The first kappa shape index (κ1) is 14.7. The molecule has 0 aromatic carbocycles. The van der Waals surface area contributed by atoms with Gasteiger partial charge in [0.15, 0.2) is 0 Å². The van der Waals surface area contributed by atoms with Crippen molar-refractivity contribution in [3.8, 4) is 0 Å². The first-order chi connectivity index (χ1) is 8.49. The molecule has 1 rings (SSSR count). The van der Waals surface area contributed by atoms with Crippen LogP contribution in [0.4, 0.5) is 19.1 Å². The summed E-state index contributed by atoms with van der Waals surface area (Å²) in [5, 5.41) is 0. The molecule has 0 aliphatic carbocycles. The van der Waals surface area contributed by atoms with Gasteiger partial charge < -0.3 is 4.90 Å². The zero-order valence-electron chi connectivity index (χ0n) is 10.7. The minimum absolute atomic E-state index is 0.373. The average Bonchev–Trinajstić information content (AvgIpc) is 2.33. The number of unbranched alkanes of at least 4 members (excludes halogenated alkanes) is 1. The Hall–Kier alpha value is -1.33. The Kier molecular flexibility index (Phi) is 5.37. The summed E-state index contributed by atoms with van der Waals surface area (Å²) in [5.41, 5.74) is -0.807. The van der Waals surface area contributed by atoms with Crippen molar-refractivity contribution in [1.29, 1.82) is 0 Å². The van der Waals surface area contributed by atoms with Crippen LogP contribution >= 0.6 is 0 Å². The molecule has 0 N–H and O–H groups in total. The van der Waals surface area contributed by atoms with Gasteiger partial charge >= 0.3 is 6.18 Å². The molecule has 1 aromatic rings. The zero-order valence-corrected chi connectivity index (χ0v) is 10.7. The van der Waals surface area contributed by atoms with E-state index in [2.05, 4.69) is 16.9 Å². The van der Waals surface area contributed by atoms with Crippen LogP contribution in [0.1, 0.15) is 38.7 Å². The van der Waals surface area contributed by atoms with Gasteiger partial charge in [-0.1, -0.05) is 20.3 Å². The van der Waals surface area contributed by atoms with Gasteiger partial charge in [0.2, 0.25) is 5.95 Å². The van der Waals surface area contributed by atoms with Crippen molar-refractivity contribution in [3.63, 3.8) is 0 Å². The fourth-order valence-electron chi connectivity index (χ4n) is 1.56. The van der Waals surface area contributed by atoms with Gasteiger partial charge in [-0.15, -0.1) is 0 Å². The molecule has 0 saturated carbocycles. The molecule has 1 heterocycles. The highest BCUT2D eigenvalue weighted by Gasteiger charge is 2.31. The Bertz CT molecular complexity index is 349. The van der Waals surface area contributed by atoms with Crippen molar-refractivity contribution in [3.05, 3.63) is 18.0 Å². The van der Waals surface area contributed by atoms with Crippen molar-refractivity contribution < 1.29 is 13.2 Å². The summed E-state index contributed by atoms with van der Waals surface area (Å²) >= 11 is 0.